The van der Waals surface area contributed by atoms with E-state index in [-0.39, 0.29) is 12.2 Å². The summed E-state index contributed by atoms with van der Waals surface area (Å²) < 4.78 is 9.72. The molecule has 0 fully saturated rings. The van der Waals surface area contributed by atoms with E-state index in [1.807, 2.05) is 48.5 Å². The number of carbonyl (C=O) groups excluding carboxylic acids is 1. The molecule has 0 amide bonds. The summed E-state index contributed by atoms with van der Waals surface area (Å²) in [6.45, 7) is 4.48. The van der Waals surface area contributed by atoms with Gasteiger partial charge in [-0.05, 0) is 49.2 Å². The first-order valence-electron chi connectivity index (χ1n) is 13.0. The van der Waals surface area contributed by atoms with E-state index >= 15 is 0 Å². The fourth-order valence-corrected chi connectivity index (χ4v) is 6.36. The molecule has 200 valence electrons. The Morgan fingerprint density at radius 2 is 1.77 bits per heavy atom. The molecule has 8 heteroatoms. The van der Waals surface area contributed by atoms with Gasteiger partial charge in [-0.25, -0.2) is 9.79 Å². The van der Waals surface area contributed by atoms with Gasteiger partial charge in [-0.15, -0.1) is 0 Å². The maximum absolute atomic E-state index is 14.0. The van der Waals surface area contributed by atoms with Crippen LogP contribution in [0.2, 0.25) is 5.02 Å². The van der Waals surface area contributed by atoms with Gasteiger partial charge in [-0.2, -0.15) is 0 Å². The third-order valence-electron chi connectivity index (χ3n) is 7.00. The van der Waals surface area contributed by atoms with Crippen LogP contribution in [0.1, 0.15) is 36.6 Å². The van der Waals surface area contributed by atoms with Gasteiger partial charge in [0, 0.05) is 34.2 Å². The van der Waals surface area contributed by atoms with Gasteiger partial charge < -0.3 is 9.30 Å². The summed E-state index contributed by atoms with van der Waals surface area (Å²) in [4.78, 5) is 32.3. The lowest BCUT2D eigenvalue weighted by atomic mass is 9.96. The number of para-hydroxylation sites is 1. The van der Waals surface area contributed by atoms with Gasteiger partial charge in [-0.1, -0.05) is 83.6 Å². The van der Waals surface area contributed by atoms with Crippen molar-refractivity contribution >= 4 is 45.9 Å². The molecule has 3 heterocycles. The molecule has 0 unspecified atom stereocenters. The molecule has 0 radical (unpaired) electrons. The zero-order valence-electron chi connectivity index (χ0n) is 22.0. The van der Waals surface area contributed by atoms with Crippen LogP contribution in [0.5, 0.6) is 0 Å². The molecule has 0 bridgehead atoms. The number of hydrogen-bond donors (Lipinski definition) is 0. The number of allylic oxidation sites excluding steroid dienone is 1. The molecule has 0 N–H and O–H groups in total. The number of ether oxygens (including phenoxy) is 1. The van der Waals surface area contributed by atoms with Crippen LogP contribution in [0, 0.1) is 0 Å². The standard InChI is InChI=1S/C32H26ClN3O3S/c1-3-39-31(38)28-20(2)34-32-36(29(28)22-13-15-24(33)16-14-22)30(37)27(40-32)17-23-19-35(18-21-9-5-4-6-10-21)26-12-8-7-11-25(23)26/h4-17,19,29H,3,18H2,1-2H3/b27-17+/t29-/m1/s1. The van der Waals surface area contributed by atoms with Crippen molar-refractivity contribution in [2.75, 3.05) is 6.61 Å². The highest BCUT2D eigenvalue weighted by Crippen LogP contribution is 2.31. The number of esters is 1. The highest BCUT2D eigenvalue weighted by molar-refractivity contribution is 7.07. The lowest BCUT2D eigenvalue weighted by Crippen LogP contribution is -2.39. The minimum atomic E-state index is -0.672. The molecule has 1 aliphatic heterocycles. The van der Waals surface area contributed by atoms with E-state index in [1.54, 1.807) is 30.5 Å². The second kappa shape index (κ2) is 10.8. The molecule has 40 heavy (non-hydrogen) atoms. The third kappa shape index (κ3) is 4.72. The zero-order valence-corrected chi connectivity index (χ0v) is 23.6. The molecule has 5 aromatic rings. The first-order chi connectivity index (χ1) is 19.4. The lowest BCUT2D eigenvalue weighted by Gasteiger charge is -2.24. The van der Waals surface area contributed by atoms with E-state index in [4.69, 9.17) is 16.3 Å². The summed E-state index contributed by atoms with van der Waals surface area (Å²) in [6.07, 6.45) is 4.01. The Bertz CT molecular complexity index is 1950. The molecular weight excluding hydrogens is 542 g/mol. The number of nitrogens with zero attached hydrogens (tertiary/aromatic N) is 3. The molecule has 3 aromatic carbocycles. The maximum atomic E-state index is 14.0. The lowest BCUT2D eigenvalue weighted by molar-refractivity contribution is -0.139. The number of hydrogen-bond acceptors (Lipinski definition) is 5. The van der Waals surface area contributed by atoms with Crippen LogP contribution in [0.4, 0.5) is 0 Å². The molecule has 1 atom stereocenters. The molecule has 2 aromatic heterocycles. The largest absolute Gasteiger partial charge is 0.463 e. The van der Waals surface area contributed by atoms with Crippen molar-refractivity contribution in [1.29, 1.82) is 0 Å². The predicted molar refractivity (Wildman–Crippen MR) is 159 cm³/mol. The van der Waals surface area contributed by atoms with Crippen molar-refractivity contribution in [3.63, 3.8) is 0 Å². The fourth-order valence-electron chi connectivity index (χ4n) is 5.19. The van der Waals surface area contributed by atoms with Crippen LogP contribution in [0.3, 0.4) is 0 Å². The van der Waals surface area contributed by atoms with E-state index in [2.05, 4.69) is 40.0 Å². The van der Waals surface area contributed by atoms with E-state index in [1.165, 1.54) is 16.9 Å². The summed E-state index contributed by atoms with van der Waals surface area (Å²) in [6, 6.07) is 25.0. The summed E-state index contributed by atoms with van der Waals surface area (Å²) in [7, 11) is 0. The third-order valence-corrected chi connectivity index (χ3v) is 8.24. The van der Waals surface area contributed by atoms with Crippen molar-refractivity contribution < 1.29 is 9.53 Å². The minimum absolute atomic E-state index is 0.210. The molecule has 0 aliphatic carbocycles. The van der Waals surface area contributed by atoms with Crippen LogP contribution in [0.25, 0.3) is 17.0 Å². The number of fused-ring (bicyclic) bond motifs is 2. The number of aromatic nitrogens is 2. The maximum Gasteiger partial charge on any atom is 0.338 e. The average Bonchev–Trinajstić information content (AvgIpc) is 3.45. The van der Waals surface area contributed by atoms with Gasteiger partial charge in [0.15, 0.2) is 4.80 Å². The second-order valence-corrected chi connectivity index (χ2v) is 11.0. The molecule has 0 saturated carbocycles. The quantitative estimate of drug-likeness (QED) is 0.256. The Labute approximate surface area is 239 Å². The second-order valence-electron chi connectivity index (χ2n) is 9.57. The molecule has 0 spiro atoms. The normalized spacial score (nSPS) is 15.3. The molecule has 1 aliphatic rings. The van der Waals surface area contributed by atoms with Gasteiger partial charge in [0.2, 0.25) is 0 Å². The Morgan fingerprint density at radius 3 is 2.52 bits per heavy atom. The first-order valence-corrected chi connectivity index (χ1v) is 14.2. The molecular formula is C32H26ClN3O3S. The van der Waals surface area contributed by atoms with Gasteiger partial charge in [0.05, 0.1) is 28.5 Å². The Balaban J connectivity index is 1.52. The SMILES string of the molecule is CCOC(=O)C1=C(C)N=c2s/c(=C/c3cn(Cc4ccccc4)c4ccccc34)c(=O)n2[C@@H]1c1ccc(Cl)cc1. The van der Waals surface area contributed by atoms with Crippen molar-refractivity contribution in [3.8, 4) is 0 Å². The number of carbonyl (C=O) groups is 1. The highest BCUT2D eigenvalue weighted by atomic mass is 35.5. The van der Waals surface area contributed by atoms with Crippen molar-refractivity contribution in [3.05, 3.63) is 138 Å². The number of rotatable bonds is 6. The van der Waals surface area contributed by atoms with Gasteiger partial charge >= 0.3 is 5.97 Å². The molecule has 0 saturated heterocycles. The van der Waals surface area contributed by atoms with E-state index in [0.29, 0.717) is 25.6 Å². The van der Waals surface area contributed by atoms with E-state index in [9.17, 15) is 9.59 Å². The van der Waals surface area contributed by atoms with E-state index in [0.717, 1.165) is 28.6 Å². The van der Waals surface area contributed by atoms with Gasteiger partial charge in [0.1, 0.15) is 0 Å². The Kier molecular flexibility index (Phi) is 7.00. The van der Waals surface area contributed by atoms with Crippen LogP contribution < -0.4 is 14.9 Å². The summed E-state index contributed by atoms with van der Waals surface area (Å²) >= 11 is 7.48. The van der Waals surface area contributed by atoms with Crippen molar-refractivity contribution in [2.45, 2.75) is 26.4 Å². The summed E-state index contributed by atoms with van der Waals surface area (Å²) in [5, 5.41) is 1.63. The number of halogens is 1. The topological polar surface area (TPSA) is 65.6 Å². The minimum Gasteiger partial charge on any atom is -0.463 e. The van der Waals surface area contributed by atoms with Crippen LogP contribution in [-0.2, 0) is 16.1 Å². The monoisotopic (exact) mass is 567 g/mol. The summed E-state index contributed by atoms with van der Waals surface area (Å²) in [5.74, 6) is -0.484. The van der Waals surface area contributed by atoms with Crippen molar-refractivity contribution in [1.82, 2.24) is 9.13 Å². The first kappa shape index (κ1) is 26.0. The van der Waals surface area contributed by atoms with Crippen LogP contribution in [-0.4, -0.2) is 21.7 Å². The highest BCUT2D eigenvalue weighted by Gasteiger charge is 2.33. The van der Waals surface area contributed by atoms with Crippen LogP contribution in [0.15, 0.2) is 106 Å². The fraction of sp³-hybridized carbons (Fsp3) is 0.156. The Morgan fingerprint density at radius 1 is 1.05 bits per heavy atom. The van der Waals surface area contributed by atoms with Crippen molar-refractivity contribution in [2.24, 2.45) is 4.99 Å². The zero-order chi connectivity index (χ0) is 27.8. The molecule has 6 nitrogen and oxygen atoms in total. The smallest absolute Gasteiger partial charge is 0.338 e. The molecule has 6 rings (SSSR count). The van der Waals surface area contributed by atoms with Gasteiger partial charge in [-0.3, -0.25) is 9.36 Å². The predicted octanol–water partition coefficient (Wildman–Crippen LogP) is 5.45. The Hall–Kier alpha value is -4.20. The number of thiazole rings is 1. The van der Waals surface area contributed by atoms with Gasteiger partial charge in [0.25, 0.3) is 5.56 Å². The van der Waals surface area contributed by atoms with Crippen LogP contribution >= 0.6 is 22.9 Å². The summed E-state index contributed by atoms with van der Waals surface area (Å²) in [5.41, 5.74) is 4.66. The average molecular weight is 568 g/mol. The number of benzene rings is 3. The van der Waals surface area contributed by atoms with E-state index < -0.39 is 12.0 Å².